The molecule has 0 atom stereocenters. The summed E-state index contributed by atoms with van der Waals surface area (Å²) in [6.45, 7) is 5.78. The maximum absolute atomic E-state index is 11.6. The SMILES string of the molecule is C=C(/C=C(C#N)\C(=C/C)C(=O)OC)C1CCCCC1. The second-order valence-corrected chi connectivity index (χ2v) is 4.77. The van der Waals surface area contributed by atoms with Crippen molar-refractivity contribution >= 4 is 5.97 Å². The van der Waals surface area contributed by atoms with Gasteiger partial charge in [0, 0.05) is 0 Å². The van der Waals surface area contributed by atoms with Crippen molar-refractivity contribution in [1.82, 2.24) is 0 Å². The fourth-order valence-corrected chi connectivity index (χ4v) is 2.44. The van der Waals surface area contributed by atoms with Crippen molar-refractivity contribution in [1.29, 1.82) is 5.26 Å². The number of carbonyl (C=O) groups is 1. The number of carbonyl (C=O) groups excluding carboxylic acids is 1. The van der Waals surface area contributed by atoms with Crippen LogP contribution in [0.5, 0.6) is 0 Å². The highest BCUT2D eigenvalue weighted by atomic mass is 16.5. The van der Waals surface area contributed by atoms with Gasteiger partial charge in [0.1, 0.15) is 6.07 Å². The molecule has 0 aromatic heterocycles. The molecule has 1 rings (SSSR count). The normalized spacial score (nSPS) is 17.7. The molecule has 0 aromatic rings. The van der Waals surface area contributed by atoms with Gasteiger partial charge in [0.05, 0.1) is 18.3 Å². The monoisotopic (exact) mass is 259 g/mol. The molecule has 19 heavy (non-hydrogen) atoms. The summed E-state index contributed by atoms with van der Waals surface area (Å²) in [5, 5.41) is 9.21. The third-order valence-corrected chi connectivity index (χ3v) is 3.56. The predicted molar refractivity (Wildman–Crippen MR) is 75.2 cm³/mol. The Morgan fingerprint density at radius 1 is 1.37 bits per heavy atom. The third-order valence-electron chi connectivity index (χ3n) is 3.56. The van der Waals surface area contributed by atoms with Crippen LogP contribution in [0.15, 0.2) is 35.5 Å². The summed E-state index contributed by atoms with van der Waals surface area (Å²) >= 11 is 0. The fraction of sp³-hybridized carbons (Fsp3) is 0.500. The van der Waals surface area contributed by atoms with Crippen LogP contribution in [0.1, 0.15) is 39.0 Å². The van der Waals surface area contributed by atoms with Gasteiger partial charge in [0.25, 0.3) is 0 Å². The number of rotatable bonds is 4. The summed E-state index contributed by atoms with van der Waals surface area (Å²) in [7, 11) is 1.32. The van der Waals surface area contributed by atoms with Gasteiger partial charge < -0.3 is 4.74 Å². The van der Waals surface area contributed by atoms with Crippen molar-refractivity contribution in [3.05, 3.63) is 35.5 Å². The maximum atomic E-state index is 11.6. The number of hydrogen-bond donors (Lipinski definition) is 0. The van der Waals surface area contributed by atoms with Crippen LogP contribution in [0, 0.1) is 17.2 Å². The minimum absolute atomic E-state index is 0.307. The minimum Gasteiger partial charge on any atom is -0.465 e. The van der Waals surface area contributed by atoms with Gasteiger partial charge in [0.15, 0.2) is 0 Å². The number of hydrogen-bond acceptors (Lipinski definition) is 3. The van der Waals surface area contributed by atoms with Gasteiger partial charge in [-0.25, -0.2) is 4.79 Å². The molecule has 0 heterocycles. The van der Waals surface area contributed by atoms with Crippen molar-refractivity contribution < 1.29 is 9.53 Å². The average molecular weight is 259 g/mol. The maximum Gasteiger partial charge on any atom is 0.338 e. The zero-order valence-corrected chi connectivity index (χ0v) is 11.7. The first-order chi connectivity index (χ1) is 9.13. The van der Waals surface area contributed by atoms with Crippen molar-refractivity contribution in [2.75, 3.05) is 7.11 Å². The van der Waals surface area contributed by atoms with Gasteiger partial charge in [-0.1, -0.05) is 37.5 Å². The Morgan fingerprint density at radius 2 is 2.00 bits per heavy atom. The van der Waals surface area contributed by atoms with E-state index >= 15 is 0 Å². The first-order valence-electron chi connectivity index (χ1n) is 6.69. The van der Waals surface area contributed by atoms with Crippen LogP contribution < -0.4 is 0 Å². The molecule has 1 fully saturated rings. The summed E-state index contributed by atoms with van der Waals surface area (Å²) in [5.41, 5.74) is 1.59. The first-order valence-corrected chi connectivity index (χ1v) is 6.69. The van der Waals surface area contributed by atoms with E-state index in [4.69, 9.17) is 0 Å². The molecule has 0 aromatic carbocycles. The topological polar surface area (TPSA) is 50.1 Å². The lowest BCUT2D eigenvalue weighted by Crippen LogP contribution is -2.10. The molecule has 0 aliphatic heterocycles. The van der Waals surface area contributed by atoms with E-state index in [2.05, 4.69) is 17.4 Å². The standard InChI is InChI=1S/C16H21NO2/c1-4-15(16(18)19-3)14(11-17)10-12(2)13-8-6-5-7-9-13/h4,10,13H,2,5-9H2,1,3H3/b14-10-,15-4+. The molecule has 0 N–H and O–H groups in total. The van der Waals surface area contributed by atoms with Crippen LogP contribution in [0.3, 0.4) is 0 Å². The lowest BCUT2D eigenvalue weighted by atomic mass is 9.83. The fourth-order valence-electron chi connectivity index (χ4n) is 2.44. The smallest absolute Gasteiger partial charge is 0.338 e. The quantitative estimate of drug-likeness (QED) is 0.335. The Morgan fingerprint density at radius 3 is 2.47 bits per heavy atom. The van der Waals surface area contributed by atoms with Gasteiger partial charge in [-0.15, -0.1) is 0 Å². The summed E-state index contributed by atoms with van der Waals surface area (Å²) < 4.78 is 4.68. The highest BCUT2D eigenvalue weighted by Gasteiger charge is 2.18. The molecule has 3 nitrogen and oxygen atoms in total. The molecule has 3 heteroatoms. The lowest BCUT2D eigenvalue weighted by molar-refractivity contribution is -0.135. The molecule has 0 amide bonds. The highest BCUT2D eigenvalue weighted by Crippen LogP contribution is 2.30. The summed E-state index contributed by atoms with van der Waals surface area (Å²) in [5.74, 6) is -0.0420. The second-order valence-electron chi connectivity index (χ2n) is 4.77. The second kappa shape index (κ2) is 7.58. The van der Waals surface area contributed by atoms with E-state index in [1.165, 1.54) is 26.4 Å². The highest BCUT2D eigenvalue weighted by molar-refractivity contribution is 5.94. The summed E-state index contributed by atoms with van der Waals surface area (Å²) in [6.07, 6.45) is 9.30. The molecule has 1 aliphatic rings. The van der Waals surface area contributed by atoms with Crippen molar-refractivity contribution in [2.24, 2.45) is 5.92 Å². The predicted octanol–water partition coefficient (Wildman–Crippen LogP) is 3.69. The Labute approximate surface area is 115 Å². The van der Waals surface area contributed by atoms with Gasteiger partial charge >= 0.3 is 5.97 Å². The van der Waals surface area contributed by atoms with Crippen LogP contribution in [-0.2, 0) is 9.53 Å². The van der Waals surface area contributed by atoms with Crippen LogP contribution in [0.25, 0.3) is 0 Å². The van der Waals surface area contributed by atoms with Gasteiger partial charge in [-0.3, -0.25) is 0 Å². The van der Waals surface area contributed by atoms with Crippen molar-refractivity contribution in [2.45, 2.75) is 39.0 Å². The molecule has 102 valence electrons. The number of nitriles is 1. The summed E-state index contributed by atoms with van der Waals surface area (Å²) in [4.78, 5) is 11.6. The van der Waals surface area contributed by atoms with Crippen LogP contribution >= 0.6 is 0 Å². The number of esters is 1. The lowest BCUT2D eigenvalue weighted by Gasteiger charge is -2.22. The number of nitrogens with zero attached hydrogens (tertiary/aromatic N) is 1. The third kappa shape index (κ3) is 4.10. The molecule has 0 radical (unpaired) electrons. The van der Waals surface area contributed by atoms with Crippen LogP contribution in [-0.4, -0.2) is 13.1 Å². The Hall–Kier alpha value is -1.82. The molecule has 0 bridgehead atoms. The van der Waals surface area contributed by atoms with E-state index in [9.17, 15) is 10.1 Å². The van der Waals surface area contributed by atoms with Crippen molar-refractivity contribution in [3.63, 3.8) is 0 Å². The summed E-state index contributed by atoms with van der Waals surface area (Å²) in [6, 6.07) is 2.07. The molecule has 0 saturated heterocycles. The van der Waals surface area contributed by atoms with E-state index in [0.717, 1.165) is 18.4 Å². The number of ether oxygens (including phenoxy) is 1. The van der Waals surface area contributed by atoms with Gasteiger partial charge in [-0.2, -0.15) is 5.26 Å². The van der Waals surface area contributed by atoms with Crippen molar-refractivity contribution in [3.8, 4) is 6.07 Å². The zero-order valence-electron chi connectivity index (χ0n) is 11.7. The van der Waals surface area contributed by atoms with Crippen LogP contribution in [0.4, 0.5) is 0 Å². The Bertz CT molecular complexity index is 446. The Balaban J connectivity index is 2.89. The minimum atomic E-state index is -0.480. The van der Waals surface area contributed by atoms with E-state index in [1.807, 2.05) is 0 Å². The molecule has 0 unspecified atom stereocenters. The van der Waals surface area contributed by atoms with E-state index in [-0.39, 0.29) is 0 Å². The molecule has 0 spiro atoms. The van der Waals surface area contributed by atoms with Gasteiger partial charge in [0.2, 0.25) is 0 Å². The Kier molecular flexibility index (Phi) is 6.08. The van der Waals surface area contributed by atoms with E-state index in [0.29, 0.717) is 17.1 Å². The van der Waals surface area contributed by atoms with Gasteiger partial charge in [-0.05, 0) is 31.8 Å². The molecular weight excluding hydrogens is 238 g/mol. The largest absolute Gasteiger partial charge is 0.465 e. The molecular formula is C16H21NO2. The number of methoxy groups -OCH3 is 1. The van der Waals surface area contributed by atoms with Crippen LogP contribution in [0.2, 0.25) is 0 Å². The first kappa shape index (κ1) is 15.2. The number of allylic oxidation sites excluding steroid dienone is 3. The molecule has 1 saturated carbocycles. The molecule has 1 aliphatic carbocycles. The van der Waals surface area contributed by atoms with E-state index in [1.54, 1.807) is 19.1 Å². The average Bonchev–Trinajstić information content (AvgIpc) is 2.47. The zero-order chi connectivity index (χ0) is 14.3. The van der Waals surface area contributed by atoms with E-state index < -0.39 is 5.97 Å².